The first-order chi connectivity index (χ1) is 8.25. The van der Waals surface area contributed by atoms with Gasteiger partial charge in [0.25, 0.3) is 0 Å². The van der Waals surface area contributed by atoms with E-state index in [1.807, 2.05) is 0 Å². The molecule has 2 saturated carbocycles. The van der Waals surface area contributed by atoms with E-state index in [9.17, 15) is 9.90 Å². The molecule has 0 bridgehead atoms. The second kappa shape index (κ2) is 2.55. The summed E-state index contributed by atoms with van der Waals surface area (Å²) in [4.78, 5) is 12.1. The lowest BCUT2D eigenvalue weighted by atomic mass is 9.66. The maximum atomic E-state index is 12.1. The van der Waals surface area contributed by atoms with Crippen LogP contribution in [0, 0.1) is 22.2 Å². The largest absolute Gasteiger partial charge is 0.460 e. The molecule has 4 aliphatic rings. The van der Waals surface area contributed by atoms with Crippen LogP contribution in [-0.4, -0.2) is 23.3 Å². The van der Waals surface area contributed by atoms with Crippen LogP contribution in [0.25, 0.3) is 0 Å². The summed E-state index contributed by atoms with van der Waals surface area (Å²) in [5.41, 5.74) is -0.188. The molecule has 3 nitrogen and oxygen atoms in total. The first-order valence-electron chi connectivity index (χ1n) is 6.86. The van der Waals surface area contributed by atoms with Gasteiger partial charge in [0.15, 0.2) is 0 Å². The minimum atomic E-state index is -0.719. The summed E-state index contributed by atoms with van der Waals surface area (Å²) < 4.78 is 5.25. The van der Waals surface area contributed by atoms with Crippen LogP contribution >= 0.6 is 0 Å². The lowest BCUT2D eigenvalue weighted by Crippen LogP contribution is -2.48. The van der Waals surface area contributed by atoms with E-state index >= 15 is 0 Å². The van der Waals surface area contributed by atoms with Gasteiger partial charge in [-0.3, -0.25) is 4.79 Å². The molecule has 0 amide bonds. The molecule has 1 saturated heterocycles. The highest BCUT2D eigenvalue weighted by Gasteiger charge is 2.84. The highest BCUT2D eigenvalue weighted by Crippen LogP contribution is 2.80. The van der Waals surface area contributed by atoms with E-state index in [4.69, 9.17) is 4.74 Å². The lowest BCUT2D eigenvalue weighted by Gasteiger charge is -2.41. The van der Waals surface area contributed by atoms with Gasteiger partial charge in [-0.1, -0.05) is 26.8 Å². The van der Waals surface area contributed by atoms with E-state index < -0.39 is 11.0 Å². The third-order valence-electron chi connectivity index (χ3n) is 6.18. The fourth-order valence-corrected chi connectivity index (χ4v) is 5.23. The molecule has 1 aliphatic heterocycles. The molecule has 18 heavy (non-hydrogen) atoms. The molecule has 4 rings (SSSR count). The second-order valence-corrected chi connectivity index (χ2v) is 7.76. The maximum Gasteiger partial charge on any atom is 0.317 e. The summed E-state index contributed by atoms with van der Waals surface area (Å²) in [6.07, 6.45) is 4.73. The van der Waals surface area contributed by atoms with Crippen molar-refractivity contribution >= 4 is 5.97 Å². The number of esters is 1. The van der Waals surface area contributed by atoms with Crippen LogP contribution in [0.3, 0.4) is 0 Å². The summed E-state index contributed by atoms with van der Waals surface area (Å²) in [5, 5.41) is 11.2. The van der Waals surface area contributed by atoms with Crippen molar-refractivity contribution in [3.05, 3.63) is 11.6 Å². The van der Waals surface area contributed by atoms with E-state index in [1.165, 1.54) is 0 Å². The molecule has 0 aromatic carbocycles. The van der Waals surface area contributed by atoms with Crippen LogP contribution in [0.15, 0.2) is 11.6 Å². The molecule has 3 heteroatoms. The SMILES string of the molecule is CC1(C)C[C@H]2C=C3COC(=O)[C@@]34C[C@]4(C)[C@@]2(O)C1. The van der Waals surface area contributed by atoms with Crippen LogP contribution in [0.2, 0.25) is 0 Å². The Labute approximate surface area is 107 Å². The van der Waals surface area contributed by atoms with E-state index in [2.05, 4.69) is 26.8 Å². The van der Waals surface area contributed by atoms with Crippen molar-refractivity contribution in [3.8, 4) is 0 Å². The van der Waals surface area contributed by atoms with Gasteiger partial charge < -0.3 is 9.84 Å². The van der Waals surface area contributed by atoms with E-state index in [-0.39, 0.29) is 22.7 Å². The molecule has 0 radical (unpaired) electrons. The molecule has 98 valence electrons. The summed E-state index contributed by atoms with van der Waals surface area (Å²) in [6, 6.07) is 0. The fourth-order valence-electron chi connectivity index (χ4n) is 5.23. The van der Waals surface area contributed by atoms with Crippen LogP contribution in [0.1, 0.15) is 40.0 Å². The van der Waals surface area contributed by atoms with E-state index in [0.29, 0.717) is 6.61 Å². The van der Waals surface area contributed by atoms with Gasteiger partial charge in [0.1, 0.15) is 12.0 Å². The molecule has 1 spiro atoms. The summed E-state index contributed by atoms with van der Waals surface area (Å²) in [6.45, 7) is 6.96. The Morgan fingerprint density at radius 2 is 2.06 bits per heavy atom. The fraction of sp³-hybridized carbons (Fsp3) is 0.800. The Morgan fingerprint density at radius 1 is 1.33 bits per heavy atom. The van der Waals surface area contributed by atoms with Crippen molar-refractivity contribution in [1.29, 1.82) is 0 Å². The molecule has 1 heterocycles. The number of rotatable bonds is 0. The third kappa shape index (κ3) is 0.870. The highest BCUT2D eigenvalue weighted by molar-refractivity contribution is 5.90. The molecule has 0 aromatic heterocycles. The van der Waals surface area contributed by atoms with Gasteiger partial charge in [-0.25, -0.2) is 0 Å². The Bertz CT molecular complexity index is 506. The van der Waals surface area contributed by atoms with Crippen molar-refractivity contribution in [1.82, 2.24) is 0 Å². The second-order valence-electron chi connectivity index (χ2n) is 7.76. The van der Waals surface area contributed by atoms with Crippen molar-refractivity contribution in [2.24, 2.45) is 22.2 Å². The van der Waals surface area contributed by atoms with E-state index in [0.717, 1.165) is 24.8 Å². The average molecular weight is 248 g/mol. The summed E-state index contributed by atoms with van der Waals surface area (Å²) in [7, 11) is 0. The number of carbonyl (C=O) groups is 1. The number of cyclic esters (lactones) is 1. The molecule has 1 N–H and O–H groups in total. The molecule has 3 fully saturated rings. The Morgan fingerprint density at radius 3 is 2.78 bits per heavy atom. The molecule has 4 atom stereocenters. The monoisotopic (exact) mass is 248 g/mol. The number of aliphatic hydroxyl groups is 1. The first-order valence-corrected chi connectivity index (χ1v) is 6.86. The van der Waals surface area contributed by atoms with Gasteiger partial charge in [0.05, 0.1) is 5.60 Å². The van der Waals surface area contributed by atoms with Crippen molar-refractivity contribution in [3.63, 3.8) is 0 Å². The molecule has 0 aromatic rings. The predicted octanol–water partition coefficient (Wildman–Crippen LogP) is 2.05. The van der Waals surface area contributed by atoms with Gasteiger partial charge >= 0.3 is 5.97 Å². The van der Waals surface area contributed by atoms with Crippen LogP contribution in [0.5, 0.6) is 0 Å². The van der Waals surface area contributed by atoms with Gasteiger partial charge in [-0.15, -0.1) is 0 Å². The summed E-state index contributed by atoms with van der Waals surface area (Å²) >= 11 is 0. The quantitative estimate of drug-likeness (QED) is 0.527. The Kier molecular flexibility index (Phi) is 1.57. The number of hydrogen-bond donors (Lipinski definition) is 1. The van der Waals surface area contributed by atoms with Crippen molar-refractivity contribution in [2.45, 2.75) is 45.6 Å². The zero-order valence-corrected chi connectivity index (χ0v) is 11.2. The predicted molar refractivity (Wildman–Crippen MR) is 65.7 cm³/mol. The molecular formula is C15H20O3. The lowest BCUT2D eigenvalue weighted by molar-refractivity contribution is -0.147. The van der Waals surface area contributed by atoms with Crippen LogP contribution in [0.4, 0.5) is 0 Å². The van der Waals surface area contributed by atoms with Gasteiger partial charge in [-0.05, 0) is 30.3 Å². The number of hydrogen-bond acceptors (Lipinski definition) is 3. The summed E-state index contributed by atoms with van der Waals surface area (Å²) in [5.74, 6) is 0.0884. The van der Waals surface area contributed by atoms with Crippen molar-refractivity contribution in [2.75, 3.05) is 6.61 Å². The Hall–Kier alpha value is -0.830. The normalized spacial score (nSPS) is 55.2. The molecule has 0 unspecified atom stereocenters. The first kappa shape index (κ1) is 11.0. The average Bonchev–Trinajstić information content (AvgIpc) is 2.69. The zero-order chi connectivity index (χ0) is 13.0. The van der Waals surface area contributed by atoms with Crippen LogP contribution < -0.4 is 0 Å². The van der Waals surface area contributed by atoms with Crippen LogP contribution in [-0.2, 0) is 9.53 Å². The third-order valence-corrected chi connectivity index (χ3v) is 6.18. The minimum absolute atomic E-state index is 0.104. The minimum Gasteiger partial charge on any atom is -0.460 e. The number of fused-ring (bicyclic) bond motifs is 2. The topological polar surface area (TPSA) is 46.5 Å². The zero-order valence-electron chi connectivity index (χ0n) is 11.2. The van der Waals surface area contributed by atoms with Gasteiger partial charge in [0.2, 0.25) is 0 Å². The maximum absolute atomic E-state index is 12.1. The van der Waals surface area contributed by atoms with E-state index in [1.54, 1.807) is 0 Å². The highest BCUT2D eigenvalue weighted by atomic mass is 16.5. The number of ether oxygens (including phenoxy) is 1. The van der Waals surface area contributed by atoms with Gasteiger partial charge in [-0.2, -0.15) is 0 Å². The smallest absolute Gasteiger partial charge is 0.317 e. The Balaban J connectivity index is 1.90. The molecular weight excluding hydrogens is 228 g/mol. The standard InChI is InChI=1S/C15H20O3/c1-12(2)5-9-4-10-6-18-11(16)14(10)8-13(14,3)15(9,17)7-12/h4,9,17H,5-8H2,1-3H3/t9-,13+,14-,15-/m1/s1. The number of carbonyl (C=O) groups excluding carboxylic acids is 1. The molecule has 3 aliphatic carbocycles. The van der Waals surface area contributed by atoms with Gasteiger partial charge in [0, 0.05) is 11.3 Å². The van der Waals surface area contributed by atoms with Crippen molar-refractivity contribution < 1.29 is 14.6 Å².